The first-order chi connectivity index (χ1) is 7.79. The lowest BCUT2D eigenvalue weighted by atomic mass is 10.3. The first-order valence-corrected chi connectivity index (χ1v) is 5.48. The standard InChI is InChI=1S/C11H17N5/c1-3-16-5-4-13-11(16)8-12-6-10-7-14-15(2)9-10/h4-5,7,9,12H,3,6,8H2,1-2H3. The average Bonchev–Trinajstić information content (AvgIpc) is 2.87. The second-order valence-electron chi connectivity index (χ2n) is 3.76. The van der Waals surface area contributed by atoms with E-state index in [1.54, 1.807) is 0 Å². The fourth-order valence-electron chi connectivity index (χ4n) is 1.68. The number of rotatable bonds is 5. The van der Waals surface area contributed by atoms with Crippen molar-refractivity contribution in [3.8, 4) is 0 Å². The van der Waals surface area contributed by atoms with Crippen LogP contribution in [0.5, 0.6) is 0 Å². The lowest BCUT2D eigenvalue weighted by molar-refractivity contribution is 0.612. The minimum absolute atomic E-state index is 0.787. The van der Waals surface area contributed by atoms with Crippen LogP contribution in [0, 0.1) is 0 Å². The maximum absolute atomic E-state index is 4.30. The Hall–Kier alpha value is -1.62. The largest absolute Gasteiger partial charge is 0.334 e. The summed E-state index contributed by atoms with van der Waals surface area (Å²) < 4.78 is 3.94. The molecule has 1 N–H and O–H groups in total. The quantitative estimate of drug-likeness (QED) is 0.813. The normalized spacial score (nSPS) is 10.9. The molecule has 0 aromatic carbocycles. The third-order valence-corrected chi connectivity index (χ3v) is 2.51. The Kier molecular flexibility index (Phi) is 3.36. The van der Waals surface area contributed by atoms with Crippen LogP contribution in [0.2, 0.25) is 0 Å². The Morgan fingerprint density at radius 2 is 2.25 bits per heavy atom. The van der Waals surface area contributed by atoms with Crippen molar-refractivity contribution >= 4 is 0 Å². The monoisotopic (exact) mass is 219 g/mol. The summed E-state index contributed by atoms with van der Waals surface area (Å²) in [5.41, 5.74) is 1.19. The maximum atomic E-state index is 4.30. The summed E-state index contributed by atoms with van der Waals surface area (Å²) in [6.07, 6.45) is 7.73. The molecule has 2 heterocycles. The fraction of sp³-hybridized carbons (Fsp3) is 0.455. The highest BCUT2D eigenvalue weighted by Crippen LogP contribution is 1.99. The van der Waals surface area contributed by atoms with Gasteiger partial charge < -0.3 is 9.88 Å². The molecule has 0 amide bonds. The molecular formula is C11H17N5. The van der Waals surface area contributed by atoms with E-state index >= 15 is 0 Å². The molecule has 0 aliphatic rings. The topological polar surface area (TPSA) is 47.7 Å². The summed E-state index contributed by atoms with van der Waals surface area (Å²) in [6, 6.07) is 0. The second-order valence-corrected chi connectivity index (χ2v) is 3.76. The summed E-state index contributed by atoms with van der Waals surface area (Å²) in [5.74, 6) is 1.08. The van der Waals surface area contributed by atoms with E-state index in [0.29, 0.717) is 0 Å². The molecule has 16 heavy (non-hydrogen) atoms. The molecule has 5 nitrogen and oxygen atoms in total. The van der Waals surface area contributed by atoms with Gasteiger partial charge in [-0.25, -0.2) is 4.98 Å². The van der Waals surface area contributed by atoms with Crippen LogP contribution in [-0.4, -0.2) is 19.3 Å². The van der Waals surface area contributed by atoms with Gasteiger partial charge in [-0.15, -0.1) is 0 Å². The number of nitrogens with zero attached hydrogens (tertiary/aromatic N) is 4. The molecule has 2 rings (SSSR count). The van der Waals surface area contributed by atoms with Crippen molar-refractivity contribution in [3.05, 3.63) is 36.2 Å². The van der Waals surface area contributed by atoms with Crippen LogP contribution in [0.4, 0.5) is 0 Å². The van der Waals surface area contributed by atoms with Gasteiger partial charge in [-0.1, -0.05) is 0 Å². The van der Waals surface area contributed by atoms with Crippen molar-refractivity contribution in [1.82, 2.24) is 24.6 Å². The van der Waals surface area contributed by atoms with Gasteiger partial charge in [-0.05, 0) is 6.92 Å². The molecule has 0 saturated heterocycles. The van der Waals surface area contributed by atoms with E-state index in [1.165, 1.54) is 5.56 Å². The van der Waals surface area contributed by atoms with Gasteiger partial charge >= 0.3 is 0 Å². The highest BCUT2D eigenvalue weighted by Gasteiger charge is 2.01. The van der Waals surface area contributed by atoms with Gasteiger partial charge in [-0.3, -0.25) is 4.68 Å². The molecule has 0 aliphatic carbocycles. The predicted octanol–water partition coefficient (Wildman–Crippen LogP) is 0.926. The van der Waals surface area contributed by atoms with Crippen LogP contribution in [0.1, 0.15) is 18.3 Å². The van der Waals surface area contributed by atoms with E-state index in [0.717, 1.165) is 25.5 Å². The summed E-state index contributed by atoms with van der Waals surface area (Å²) >= 11 is 0. The summed E-state index contributed by atoms with van der Waals surface area (Å²) in [6.45, 7) is 4.69. The van der Waals surface area contributed by atoms with E-state index in [-0.39, 0.29) is 0 Å². The Morgan fingerprint density at radius 1 is 1.38 bits per heavy atom. The molecule has 2 aromatic rings. The van der Waals surface area contributed by atoms with Gasteiger partial charge in [0.25, 0.3) is 0 Å². The zero-order chi connectivity index (χ0) is 11.4. The maximum Gasteiger partial charge on any atom is 0.122 e. The zero-order valence-electron chi connectivity index (χ0n) is 9.72. The Bertz CT molecular complexity index is 443. The molecule has 0 unspecified atom stereocenters. The van der Waals surface area contributed by atoms with Crippen LogP contribution in [0.3, 0.4) is 0 Å². The van der Waals surface area contributed by atoms with Gasteiger partial charge in [0, 0.05) is 44.3 Å². The lowest BCUT2D eigenvalue weighted by Gasteiger charge is -2.05. The van der Waals surface area contributed by atoms with Crippen LogP contribution in [0.15, 0.2) is 24.8 Å². The Labute approximate surface area is 95.1 Å². The first-order valence-electron chi connectivity index (χ1n) is 5.48. The molecule has 0 radical (unpaired) electrons. The highest BCUT2D eigenvalue weighted by atomic mass is 15.2. The number of aromatic nitrogens is 4. The third-order valence-electron chi connectivity index (χ3n) is 2.51. The third kappa shape index (κ3) is 2.49. The first kappa shape index (κ1) is 10.9. The molecular weight excluding hydrogens is 202 g/mol. The minimum atomic E-state index is 0.787. The van der Waals surface area contributed by atoms with E-state index < -0.39 is 0 Å². The van der Waals surface area contributed by atoms with E-state index in [4.69, 9.17) is 0 Å². The molecule has 2 aromatic heterocycles. The molecule has 5 heteroatoms. The Morgan fingerprint density at radius 3 is 2.94 bits per heavy atom. The van der Waals surface area contributed by atoms with Crippen molar-refractivity contribution in [1.29, 1.82) is 0 Å². The molecule has 0 spiro atoms. The van der Waals surface area contributed by atoms with Crippen molar-refractivity contribution in [2.75, 3.05) is 0 Å². The van der Waals surface area contributed by atoms with Crippen LogP contribution < -0.4 is 5.32 Å². The number of aryl methyl sites for hydroxylation is 2. The summed E-state index contributed by atoms with van der Waals surface area (Å²) in [4.78, 5) is 4.30. The van der Waals surface area contributed by atoms with Gasteiger partial charge in [0.15, 0.2) is 0 Å². The molecule has 0 aliphatic heterocycles. The van der Waals surface area contributed by atoms with Crippen molar-refractivity contribution in [2.45, 2.75) is 26.6 Å². The smallest absolute Gasteiger partial charge is 0.122 e. The van der Waals surface area contributed by atoms with Crippen molar-refractivity contribution in [2.24, 2.45) is 7.05 Å². The molecule has 0 saturated carbocycles. The molecule has 86 valence electrons. The van der Waals surface area contributed by atoms with Crippen molar-refractivity contribution in [3.63, 3.8) is 0 Å². The molecule has 0 fully saturated rings. The van der Waals surface area contributed by atoms with Gasteiger partial charge in [-0.2, -0.15) is 5.10 Å². The summed E-state index contributed by atoms with van der Waals surface area (Å²) in [7, 11) is 1.92. The minimum Gasteiger partial charge on any atom is -0.334 e. The predicted molar refractivity (Wildman–Crippen MR) is 61.7 cm³/mol. The second kappa shape index (κ2) is 4.94. The van der Waals surface area contributed by atoms with Gasteiger partial charge in [0.05, 0.1) is 12.7 Å². The van der Waals surface area contributed by atoms with Crippen LogP contribution in [0.25, 0.3) is 0 Å². The summed E-state index contributed by atoms with van der Waals surface area (Å²) in [5, 5.41) is 7.48. The molecule has 0 atom stereocenters. The highest BCUT2D eigenvalue weighted by molar-refractivity contribution is 5.03. The van der Waals surface area contributed by atoms with E-state index in [2.05, 4.69) is 26.9 Å². The number of imidazole rings is 1. The average molecular weight is 219 g/mol. The SMILES string of the molecule is CCn1ccnc1CNCc1cnn(C)c1. The zero-order valence-corrected chi connectivity index (χ0v) is 9.72. The lowest BCUT2D eigenvalue weighted by Crippen LogP contribution is -2.16. The van der Waals surface area contributed by atoms with Gasteiger partial charge in [0.2, 0.25) is 0 Å². The fourth-order valence-corrected chi connectivity index (χ4v) is 1.68. The Balaban J connectivity index is 1.84. The van der Waals surface area contributed by atoms with E-state index in [9.17, 15) is 0 Å². The van der Waals surface area contributed by atoms with Crippen LogP contribution >= 0.6 is 0 Å². The van der Waals surface area contributed by atoms with Crippen molar-refractivity contribution < 1.29 is 0 Å². The van der Waals surface area contributed by atoms with Crippen LogP contribution in [-0.2, 0) is 26.7 Å². The van der Waals surface area contributed by atoms with E-state index in [1.807, 2.05) is 36.5 Å². The number of hydrogen-bond donors (Lipinski definition) is 1. The number of nitrogens with one attached hydrogen (secondary N) is 1. The number of hydrogen-bond acceptors (Lipinski definition) is 3. The molecule has 0 bridgehead atoms. The van der Waals surface area contributed by atoms with Gasteiger partial charge in [0.1, 0.15) is 5.82 Å².